The van der Waals surface area contributed by atoms with Crippen molar-refractivity contribution in [1.29, 1.82) is 0 Å². The summed E-state index contributed by atoms with van der Waals surface area (Å²) in [5.41, 5.74) is 0.167. The number of aromatic amines is 1. The number of fused-ring (bicyclic) bond motifs is 1. The van der Waals surface area contributed by atoms with Crippen molar-refractivity contribution in [3.05, 3.63) is 22.4 Å². The lowest BCUT2D eigenvalue weighted by Crippen LogP contribution is -2.15. The normalized spacial score (nSPS) is 13.1. The van der Waals surface area contributed by atoms with E-state index < -0.39 is 6.10 Å². The van der Waals surface area contributed by atoms with Crippen molar-refractivity contribution in [3.63, 3.8) is 0 Å². The first kappa shape index (κ1) is 12.1. The summed E-state index contributed by atoms with van der Waals surface area (Å²) in [6.07, 6.45) is -0.778. The Morgan fingerprint density at radius 1 is 1.65 bits per heavy atom. The molecule has 0 spiro atoms. The molecule has 0 amide bonds. The number of nitrogens with zero attached hydrogens (tertiary/aromatic N) is 3. The first-order chi connectivity index (χ1) is 8.11. The van der Waals surface area contributed by atoms with Crippen LogP contribution in [0.4, 0.5) is 0 Å². The SMILES string of the molecule is Cc1nc(SCC(O)CO)cc2n[nH]c(=O)n12. The Morgan fingerprint density at radius 3 is 3.12 bits per heavy atom. The van der Waals surface area contributed by atoms with Gasteiger partial charge in [0.25, 0.3) is 0 Å². The monoisotopic (exact) mass is 256 g/mol. The van der Waals surface area contributed by atoms with Gasteiger partial charge in [-0.15, -0.1) is 11.8 Å². The number of aromatic nitrogens is 4. The molecule has 0 saturated heterocycles. The summed E-state index contributed by atoms with van der Waals surface area (Å²) in [7, 11) is 0. The Balaban J connectivity index is 2.28. The second-order valence-corrected chi connectivity index (χ2v) is 4.55. The number of H-pyrrole nitrogens is 1. The average molecular weight is 256 g/mol. The van der Waals surface area contributed by atoms with E-state index in [4.69, 9.17) is 5.11 Å². The minimum absolute atomic E-state index is 0.282. The minimum Gasteiger partial charge on any atom is -0.394 e. The number of hydrogen-bond donors (Lipinski definition) is 3. The van der Waals surface area contributed by atoms with Gasteiger partial charge in [0.15, 0.2) is 5.65 Å². The summed E-state index contributed by atoms with van der Waals surface area (Å²) < 4.78 is 1.37. The average Bonchev–Trinajstić information content (AvgIpc) is 2.68. The van der Waals surface area contributed by atoms with Crippen molar-refractivity contribution < 1.29 is 10.2 Å². The molecule has 0 saturated carbocycles. The third-order valence-electron chi connectivity index (χ3n) is 2.18. The maximum Gasteiger partial charge on any atom is 0.349 e. The van der Waals surface area contributed by atoms with E-state index in [9.17, 15) is 9.90 Å². The van der Waals surface area contributed by atoms with Crippen LogP contribution in [0.2, 0.25) is 0 Å². The predicted molar refractivity (Wildman–Crippen MR) is 62.2 cm³/mol. The van der Waals surface area contributed by atoms with Gasteiger partial charge in [0.05, 0.1) is 12.7 Å². The zero-order valence-electron chi connectivity index (χ0n) is 9.12. The number of hydrogen-bond acceptors (Lipinski definition) is 6. The summed E-state index contributed by atoms with van der Waals surface area (Å²) >= 11 is 1.30. The summed E-state index contributed by atoms with van der Waals surface area (Å²) in [5.74, 6) is 0.871. The molecule has 8 heteroatoms. The van der Waals surface area contributed by atoms with Gasteiger partial charge in [-0.25, -0.2) is 19.3 Å². The number of aliphatic hydroxyl groups is 2. The second-order valence-electron chi connectivity index (χ2n) is 3.51. The first-order valence-corrected chi connectivity index (χ1v) is 5.97. The third kappa shape index (κ3) is 2.48. The Hall–Kier alpha value is -1.38. The Labute approximate surface area is 101 Å². The maximum absolute atomic E-state index is 11.3. The van der Waals surface area contributed by atoms with E-state index in [0.29, 0.717) is 22.3 Å². The summed E-state index contributed by atoms with van der Waals surface area (Å²) in [6, 6.07) is 1.65. The van der Waals surface area contributed by atoms with E-state index >= 15 is 0 Å². The molecule has 0 aliphatic heterocycles. The van der Waals surface area contributed by atoms with Crippen molar-refractivity contribution in [2.75, 3.05) is 12.4 Å². The van der Waals surface area contributed by atoms with Crippen molar-refractivity contribution >= 4 is 17.4 Å². The zero-order chi connectivity index (χ0) is 12.4. The van der Waals surface area contributed by atoms with Crippen LogP contribution in [0.25, 0.3) is 5.65 Å². The van der Waals surface area contributed by atoms with E-state index in [1.54, 1.807) is 13.0 Å². The largest absolute Gasteiger partial charge is 0.394 e. The van der Waals surface area contributed by atoms with Crippen LogP contribution < -0.4 is 5.69 Å². The van der Waals surface area contributed by atoms with Gasteiger partial charge in [-0.2, -0.15) is 5.10 Å². The van der Waals surface area contributed by atoms with Crippen LogP contribution in [0.3, 0.4) is 0 Å². The quantitative estimate of drug-likeness (QED) is 0.487. The van der Waals surface area contributed by atoms with E-state index in [1.165, 1.54) is 16.2 Å². The van der Waals surface area contributed by atoms with Gasteiger partial charge in [-0.1, -0.05) is 0 Å². The van der Waals surface area contributed by atoms with Gasteiger partial charge in [0, 0.05) is 11.8 Å². The van der Waals surface area contributed by atoms with Crippen LogP contribution in [0.1, 0.15) is 5.82 Å². The number of nitrogens with one attached hydrogen (secondary N) is 1. The molecule has 2 aromatic rings. The molecule has 0 aliphatic rings. The van der Waals surface area contributed by atoms with Crippen LogP contribution in [0, 0.1) is 6.92 Å². The molecule has 17 heavy (non-hydrogen) atoms. The van der Waals surface area contributed by atoms with Gasteiger partial charge in [0.2, 0.25) is 0 Å². The highest BCUT2D eigenvalue weighted by Crippen LogP contribution is 2.17. The fraction of sp³-hybridized carbons (Fsp3) is 0.444. The molecular formula is C9H12N4O3S. The van der Waals surface area contributed by atoms with Crippen LogP contribution in [0.5, 0.6) is 0 Å². The molecule has 1 unspecified atom stereocenters. The molecule has 2 aromatic heterocycles. The molecule has 0 fully saturated rings. The van der Waals surface area contributed by atoms with Gasteiger partial charge in [0.1, 0.15) is 10.9 Å². The second kappa shape index (κ2) is 4.86. The van der Waals surface area contributed by atoms with Gasteiger partial charge >= 0.3 is 5.69 Å². The number of aryl methyl sites for hydroxylation is 1. The highest BCUT2D eigenvalue weighted by Gasteiger charge is 2.09. The van der Waals surface area contributed by atoms with E-state index in [2.05, 4.69) is 15.2 Å². The van der Waals surface area contributed by atoms with Gasteiger partial charge in [-0.3, -0.25) is 0 Å². The number of rotatable bonds is 4. The Kier molecular flexibility index (Phi) is 3.46. The molecular weight excluding hydrogens is 244 g/mol. The topological polar surface area (TPSA) is 104 Å². The van der Waals surface area contributed by atoms with Crippen molar-refractivity contribution in [2.24, 2.45) is 0 Å². The molecule has 2 heterocycles. The molecule has 92 valence electrons. The van der Waals surface area contributed by atoms with Crippen LogP contribution in [0.15, 0.2) is 15.9 Å². The molecule has 7 nitrogen and oxygen atoms in total. The van der Waals surface area contributed by atoms with E-state index in [0.717, 1.165) is 0 Å². The number of aliphatic hydroxyl groups excluding tert-OH is 2. The van der Waals surface area contributed by atoms with Gasteiger partial charge < -0.3 is 10.2 Å². The Morgan fingerprint density at radius 2 is 2.41 bits per heavy atom. The third-order valence-corrected chi connectivity index (χ3v) is 3.24. The summed E-state index contributed by atoms with van der Waals surface area (Å²) in [5, 5.41) is 24.8. The standard InChI is InChI=1S/C9H12N4O3S/c1-5-10-8(17-4-6(15)3-14)2-7-11-12-9(16)13(5)7/h2,6,14-15H,3-4H2,1H3,(H,12,16). The van der Waals surface area contributed by atoms with Crippen LogP contribution >= 0.6 is 11.8 Å². The lowest BCUT2D eigenvalue weighted by atomic mass is 10.4. The van der Waals surface area contributed by atoms with Crippen molar-refractivity contribution in [3.8, 4) is 0 Å². The zero-order valence-corrected chi connectivity index (χ0v) is 9.94. The molecule has 0 radical (unpaired) electrons. The lowest BCUT2D eigenvalue weighted by Gasteiger charge is -2.06. The highest BCUT2D eigenvalue weighted by molar-refractivity contribution is 7.99. The summed E-state index contributed by atoms with van der Waals surface area (Å²) in [6.45, 7) is 1.42. The maximum atomic E-state index is 11.3. The predicted octanol–water partition coefficient (Wildman–Crippen LogP) is -0.829. The van der Waals surface area contributed by atoms with E-state index in [1.807, 2.05) is 0 Å². The summed E-state index contributed by atoms with van der Waals surface area (Å²) in [4.78, 5) is 15.6. The smallest absolute Gasteiger partial charge is 0.349 e. The molecule has 0 aromatic carbocycles. The molecule has 3 N–H and O–H groups in total. The Bertz CT molecular complexity index is 579. The number of thioether (sulfide) groups is 1. The van der Waals surface area contributed by atoms with Crippen molar-refractivity contribution in [1.82, 2.24) is 19.6 Å². The first-order valence-electron chi connectivity index (χ1n) is 4.98. The van der Waals surface area contributed by atoms with Crippen LogP contribution in [-0.4, -0.2) is 48.3 Å². The fourth-order valence-corrected chi connectivity index (χ4v) is 2.23. The van der Waals surface area contributed by atoms with Crippen LogP contribution in [-0.2, 0) is 0 Å². The van der Waals surface area contributed by atoms with Crippen molar-refractivity contribution in [2.45, 2.75) is 18.1 Å². The fourth-order valence-electron chi connectivity index (χ4n) is 1.38. The highest BCUT2D eigenvalue weighted by atomic mass is 32.2. The lowest BCUT2D eigenvalue weighted by molar-refractivity contribution is 0.113. The van der Waals surface area contributed by atoms with E-state index in [-0.39, 0.29) is 12.3 Å². The van der Waals surface area contributed by atoms with Gasteiger partial charge in [-0.05, 0) is 6.92 Å². The minimum atomic E-state index is -0.778. The molecule has 2 rings (SSSR count). The molecule has 0 bridgehead atoms. The molecule has 0 aliphatic carbocycles. The molecule has 1 atom stereocenters.